The van der Waals surface area contributed by atoms with Crippen molar-refractivity contribution in [3.05, 3.63) is 47.6 Å². The standard InChI is InChI=1S/C22H30O2/c1-6-9-17-14(2)12-19(15(17)3)24-21(23)20-18(22(20,4)5)13-16-10-7-8-11-16/h6,13,18-20H,1-2,7-12H2,3-5H3/t18?,19-,20?/m0/s1. The molecule has 130 valence electrons. The van der Waals surface area contributed by atoms with E-state index in [0.29, 0.717) is 5.92 Å². The number of hydrogen-bond donors (Lipinski definition) is 0. The Hall–Kier alpha value is -1.57. The van der Waals surface area contributed by atoms with Crippen LogP contribution >= 0.6 is 0 Å². The summed E-state index contributed by atoms with van der Waals surface area (Å²) >= 11 is 0. The van der Waals surface area contributed by atoms with Gasteiger partial charge in [-0.15, -0.1) is 6.58 Å². The number of hydrogen-bond acceptors (Lipinski definition) is 2. The Bertz CT molecular complexity index is 624. The smallest absolute Gasteiger partial charge is 0.310 e. The largest absolute Gasteiger partial charge is 0.457 e. The van der Waals surface area contributed by atoms with Gasteiger partial charge in [0, 0.05) is 6.42 Å². The summed E-state index contributed by atoms with van der Waals surface area (Å²) in [7, 11) is 0. The van der Waals surface area contributed by atoms with Gasteiger partial charge in [0.2, 0.25) is 0 Å². The average Bonchev–Trinajstić information content (AvgIpc) is 2.87. The van der Waals surface area contributed by atoms with Crippen molar-refractivity contribution < 1.29 is 9.53 Å². The van der Waals surface area contributed by atoms with E-state index in [-0.39, 0.29) is 23.4 Å². The van der Waals surface area contributed by atoms with E-state index in [4.69, 9.17) is 4.74 Å². The van der Waals surface area contributed by atoms with E-state index in [0.717, 1.165) is 24.0 Å². The van der Waals surface area contributed by atoms with Crippen LogP contribution in [0.5, 0.6) is 0 Å². The number of carbonyl (C=O) groups excluding carboxylic acids is 1. The highest BCUT2D eigenvalue weighted by molar-refractivity contribution is 5.79. The second-order valence-electron chi connectivity index (χ2n) is 8.24. The van der Waals surface area contributed by atoms with Gasteiger partial charge in [0.25, 0.3) is 0 Å². The molecule has 24 heavy (non-hydrogen) atoms. The van der Waals surface area contributed by atoms with Crippen LogP contribution < -0.4 is 0 Å². The number of rotatable bonds is 5. The summed E-state index contributed by atoms with van der Waals surface area (Å²) in [5.41, 5.74) is 5.02. The zero-order chi connectivity index (χ0) is 17.5. The topological polar surface area (TPSA) is 26.3 Å². The second-order valence-corrected chi connectivity index (χ2v) is 8.24. The number of esters is 1. The quantitative estimate of drug-likeness (QED) is 0.491. The Balaban J connectivity index is 1.66. The number of carbonyl (C=O) groups is 1. The molecule has 0 spiro atoms. The summed E-state index contributed by atoms with van der Waals surface area (Å²) in [6.07, 6.45) is 10.7. The van der Waals surface area contributed by atoms with Crippen molar-refractivity contribution >= 4 is 5.97 Å². The molecule has 0 aliphatic heterocycles. The van der Waals surface area contributed by atoms with Crippen LogP contribution in [-0.2, 0) is 9.53 Å². The predicted octanol–water partition coefficient (Wildman–Crippen LogP) is 5.52. The molecule has 3 rings (SSSR count). The van der Waals surface area contributed by atoms with E-state index in [1.54, 1.807) is 5.57 Å². The third-order valence-corrected chi connectivity index (χ3v) is 6.25. The van der Waals surface area contributed by atoms with E-state index in [1.165, 1.54) is 31.3 Å². The first kappa shape index (κ1) is 17.3. The van der Waals surface area contributed by atoms with Crippen LogP contribution in [0.15, 0.2) is 47.6 Å². The molecule has 0 aromatic carbocycles. The van der Waals surface area contributed by atoms with Crippen molar-refractivity contribution in [3.63, 3.8) is 0 Å². The Morgan fingerprint density at radius 3 is 2.62 bits per heavy atom. The number of allylic oxidation sites excluding steroid dienone is 4. The van der Waals surface area contributed by atoms with Gasteiger partial charge >= 0.3 is 5.97 Å². The Kier molecular flexibility index (Phi) is 4.59. The molecular weight excluding hydrogens is 296 g/mol. The number of ether oxygens (including phenoxy) is 1. The van der Waals surface area contributed by atoms with Gasteiger partial charge in [0.1, 0.15) is 6.10 Å². The summed E-state index contributed by atoms with van der Waals surface area (Å²) < 4.78 is 5.90. The van der Waals surface area contributed by atoms with Crippen molar-refractivity contribution in [2.24, 2.45) is 17.3 Å². The first-order valence-electron chi connectivity index (χ1n) is 9.25. The highest BCUT2D eigenvalue weighted by Crippen LogP contribution is 2.60. The van der Waals surface area contributed by atoms with E-state index in [2.05, 4.69) is 40.0 Å². The molecule has 0 heterocycles. The van der Waals surface area contributed by atoms with Gasteiger partial charge in [-0.05, 0) is 67.1 Å². The minimum Gasteiger partial charge on any atom is -0.457 e. The maximum atomic E-state index is 12.8. The molecule has 0 saturated heterocycles. The van der Waals surface area contributed by atoms with Gasteiger partial charge in [-0.25, -0.2) is 0 Å². The molecule has 0 radical (unpaired) electrons. The lowest BCUT2D eigenvalue weighted by Gasteiger charge is -2.14. The Morgan fingerprint density at radius 2 is 2.00 bits per heavy atom. The predicted molar refractivity (Wildman–Crippen MR) is 98.5 cm³/mol. The lowest BCUT2D eigenvalue weighted by atomic mass is 10.1. The van der Waals surface area contributed by atoms with E-state index < -0.39 is 0 Å². The molecule has 2 saturated carbocycles. The summed E-state index contributed by atoms with van der Waals surface area (Å²) in [5, 5.41) is 0. The van der Waals surface area contributed by atoms with Crippen LogP contribution in [0.4, 0.5) is 0 Å². The van der Waals surface area contributed by atoms with E-state index in [9.17, 15) is 4.79 Å². The van der Waals surface area contributed by atoms with Crippen molar-refractivity contribution in [2.45, 2.75) is 65.4 Å². The van der Waals surface area contributed by atoms with Gasteiger partial charge in [-0.2, -0.15) is 0 Å². The summed E-state index contributed by atoms with van der Waals surface area (Å²) in [6, 6.07) is 0. The molecule has 0 N–H and O–H groups in total. The maximum absolute atomic E-state index is 12.8. The zero-order valence-electron chi connectivity index (χ0n) is 15.4. The lowest BCUT2D eigenvalue weighted by Crippen LogP contribution is -2.20. The molecule has 2 fully saturated rings. The van der Waals surface area contributed by atoms with E-state index in [1.807, 2.05) is 6.08 Å². The molecule has 2 unspecified atom stereocenters. The molecule has 3 aliphatic carbocycles. The minimum atomic E-state index is -0.129. The second kappa shape index (κ2) is 6.38. The highest BCUT2D eigenvalue weighted by atomic mass is 16.5. The van der Waals surface area contributed by atoms with Gasteiger partial charge in [0.15, 0.2) is 0 Å². The van der Waals surface area contributed by atoms with Gasteiger partial charge in [0.05, 0.1) is 5.92 Å². The van der Waals surface area contributed by atoms with Crippen molar-refractivity contribution in [3.8, 4) is 0 Å². The van der Waals surface area contributed by atoms with Crippen molar-refractivity contribution in [2.75, 3.05) is 0 Å². The molecule has 0 aromatic rings. The first-order valence-corrected chi connectivity index (χ1v) is 9.25. The molecule has 2 nitrogen and oxygen atoms in total. The van der Waals surface area contributed by atoms with Crippen molar-refractivity contribution in [1.29, 1.82) is 0 Å². The summed E-state index contributed by atoms with van der Waals surface area (Å²) in [5.74, 6) is 0.326. The van der Waals surface area contributed by atoms with Crippen LogP contribution in [0, 0.1) is 17.3 Å². The van der Waals surface area contributed by atoms with Gasteiger partial charge in [-0.1, -0.05) is 38.2 Å². The maximum Gasteiger partial charge on any atom is 0.310 e. The first-order chi connectivity index (χ1) is 11.4. The fraction of sp³-hybridized carbons (Fsp3) is 0.591. The summed E-state index contributed by atoms with van der Waals surface area (Å²) in [4.78, 5) is 12.8. The molecule has 0 bridgehead atoms. The third kappa shape index (κ3) is 3.03. The molecule has 3 aliphatic rings. The lowest BCUT2D eigenvalue weighted by molar-refractivity contribution is -0.149. The fourth-order valence-corrected chi connectivity index (χ4v) is 4.46. The van der Waals surface area contributed by atoms with Crippen LogP contribution in [0.2, 0.25) is 0 Å². The normalized spacial score (nSPS) is 31.4. The van der Waals surface area contributed by atoms with E-state index >= 15 is 0 Å². The van der Waals surface area contributed by atoms with Crippen molar-refractivity contribution in [1.82, 2.24) is 0 Å². The van der Waals surface area contributed by atoms with Crippen LogP contribution in [0.3, 0.4) is 0 Å². The average molecular weight is 326 g/mol. The van der Waals surface area contributed by atoms with Gasteiger partial charge in [-0.3, -0.25) is 4.79 Å². The monoisotopic (exact) mass is 326 g/mol. The SMILES string of the molecule is C=CCC1=C(C)[C@@H](OC(=O)C2C(C=C3CCCC3)C2(C)C)CC1=C. The summed E-state index contributed by atoms with van der Waals surface area (Å²) in [6.45, 7) is 14.4. The molecule has 0 amide bonds. The minimum absolute atomic E-state index is 0.00937. The molecule has 3 atom stereocenters. The molecular formula is C22H30O2. The Labute approximate surface area is 146 Å². The zero-order valence-corrected chi connectivity index (χ0v) is 15.4. The van der Waals surface area contributed by atoms with Crippen LogP contribution in [-0.4, -0.2) is 12.1 Å². The van der Waals surface area contributed by atoms with Crippen LogP contribution in [0.1, 0.15) is 59.3 Å². The fourth-order valence-electron chi connectivity index (χ4n) is 4.46. The van der Waals surface area contributed by atoms with Gasteiger partial charge < -0.3 is 4.74 Å². The highest BCUT2D eigenvalue weighted by Gasteiger charge is 2.61. The van der Waals surface area contributed by atoms with Crippen LogP contribution in [0.25, 0.3) is 0 Å². The molecule has 2 heteroatoms. The molecule has 0 aromatic heterocycles. The Morgan fingerprint density at radius 1 is 1.33 bits per heavy atom. The third-order valence-electron chi connectivity index (χ3n) is 6.25.